The van der Waals surface area contributed by atoms with E-state index in [0.717, 1.165) is 31.2 Å². The van der Waals surface area contributed by atoms with Gasteiger partial charge in [-0.1, -0.05) is 32.9 Å². The van der Waals surface area contributed by atoms with E-state index in [-0.39, 0.29) is 36.2 Å². The maximum Gasteiger partial charge on any atom is 0.240 e. The standard InChI is InChI=1S/C19H32N4O2S.2ClH/c1-19(2,3)16-8-10-17(11-9-16)26(24,25)23-13-15-6-4-14(5-7-15)12-22-18(20)21;;/h8-11,14-15,23H,4-7,12-13H2,1-3H3,(H4,20,21,22);2*1H. The highest BCUT2D eigenvalue weighted by molar-refractivity contribution is 7.89. The van der Waals surface area contributed by atoms with Crippen LogP contribution < -0.4 is 16.2 Å². The molecule has 6 nitrogen and oxygen atoms in total. The molecule has 1 aliphatic rings. The third-order valence-electron chi connectivity index (χ3n) is 5.09. The normalized spacial score (nSPS) is 19.8. The number of halogens is 2. The number of sulfonamides is 1. The molecule has 0 spiro atoms. The lowest BCUT2D eigenvalue weighted by Crippen LogP contribution is -2.32. The molecule has 1 aromatic carbocycles. The molecule has 162 valence electrons. The summed E-state index contributed by atoms with van der Waals surface area (Å²) < 4.78 is 27.8. The Morgan fingerprint density at radius 3 is 2.00 bits per heavy atom. The molecular weight excluding hydrogens is 419 g/mol. The predicted octanol–water partition coefficient (Wildman–Crippen LogP) is 3.19. The quantitative estimate of drug-likeness (QED) is 0.454. The second kappa shape index (κ2) is 11.2. The van der Waals surface area contributed by atoms with Gasteiger partial charge in [-0.25, -0.2) is 13.1 Å². The molecule has 28 heavy (non-hydrogen) atoms. The number of nitrogens with zero attached hydrogens (tertiary/aromatic N) is 1. The third kappa shape index (κ3) is 8.15. The summed E-state index contributed by atoms with van der Waals surface area (Å²) in [6.45, 7) is 7.48. The summed E-state index contributed by atoms with van der Waals surface area (Å²) in [6, 6.07) is 7.16. The lowest BCUT2D eigenvalue weighted by Gasteiger charge is -2.27. The zero-order valence-corrected chi connectivity index (χ0v) is 19.3. The average Bonchev–Trinajstić information content (AvgIpc) is 2.58. The number of nitrogens with two attached hydrogens (primary N) is 2. The van der Waals surface area contributed by atoms with Gasteiger partial charge >= 0.3 is 0 Å². The molecule has 0 amide bonds. The summed E-state index contributed by atoms with van der Waals surface area (Å²) >= 11 is 0. The number of rotatable bonds is 6. The molecule has 0 heterocycles. The molecule has 1 fully saturated rings. The SMILES string of the molecule is CC(C)(C)c1ccc(S(=O)(=O)NCC2CCC(CN=C(N)N)CC2)cc1.Cl.Cl. The van der Waals surface area contributed by atoms with Crippen LogP contribution in [0.25, 0.3) is 0 Å². The van der Waals surface area contributed by atoms with Crippen molar-refractivity contribution >= 4 is 40.8 Å². The van der Waals surface area contributed by atoms with Crippen LogP contribution in [0, 0.1) is 11.8 Å². The molecule has 0 bridgehead atoms. The van der Waals surface area contributed by atoms with E-state index >= 15 is 0 Å². The van der Waals surface area contributed by atoms with E-state index in [2.05, 4.69) is 30.5 Å². The van der Waals surface area contributed by atoms with E-state index in [1.165, 1.54) is 0 Å². The number of aliphatic imine (C=N–C) groups is 1. The maximum absolute atomic E-state index is 12.5. The van der Waals surface area contributed by atoms with Gasteiger partial charge in [0, 0.05) is 13.1 Å². The third-order valence-corrected chi connectivity index (χ3v) is 6.53. The molecule has 0 atom stereocenters. The van der Waals surface area contributed by atoms with Crippen molar-refractivity contribution in [2.45, 2.75) is 56.8 Å². The minimum Gasteiger partial charge on any atom is -0.370 e. The van der Waals surface area contributed by atoms with Crippen molar-refractivity contribution in [3.63, 3.8) is 0 Å². The van der Waals surface area contributed by atoms with Gasteiger partial charge in [0.25, 0.3) is 0 Å². The van der Waals surface area contributed by atoms with Crippen molar-refractivity contribution < 1.29 is 8.42 Å². The number of guanidine groups is 1. The predicted molar refractivity (Wildman–Crippen MR) is 121 cm³/mol. The lowest BCUT2D eigenvalue weighted by molar-refractivity contribution is 0.280. The van der Waals surface area contributed by atoms with Crippen LogP contribution in [0.2, 0.25) is 0 Å². The second-order valence-corrected chi connectivity index (χ2v) is 10.0. The van der Waals surface area contributed by atoms with Crippen LogP contribution in [0.3, 0.4) is 0 Å². The Morgan fingerprint density at radius 2 is 1.54 bits per heavy atom. The summed E-state index contributed by atoms with van der Waals surface area (Å²) in [6.07, 6.45) is 4.05. The summed E-state index contributed by atoms with van der Waals surface area (Å²) in [5.41, 5.74) is 11.9. The molecule has 5 N–H and O–H groups in total. The van der Waals surface area contributed by atoms with Gasteiger partial charge in [-0.15, -0.1) is 24.8 Å². The van der Waals surface area contributed by atoms with Crippen molar-refractivity contribution in [1.29, 1.82) is 0 Å². The van der Waals surface area contributed by atoms with Gasteiger partial charge in [0.15, 0.2) is 5.96 Å². The van der Waals surface area contributed by atoms with E-state index in [1.807, 2.05) is 12.1 Å². The van der Waals surface area contributed by atoms with Crippen molar-refractivity contribution in [1.82, 2.24) is 4.72 Å². The van der Waals surface area contributed by atoms with Gasteiger partial charge in [-0.05, 0) is 60.6 Å². The zero-order valence-electron chi connectivity index (χ0n) is 16.8. The highest BCUT2D eigenvalue weighted by Crippen LogP contribution is 2.29. The van der Waals surface area contributed by atoms with Gasteiger partial charge in [0.2, 0.25) is 10.0 Å². The molecule has 1 aromatic rings. The Balaban J connectivity index is 0.00000364. The Morgan fingerprint density at radius 1 is 1.04 bits per heavy atom. The van der Waals surface area contributed by atoms with Gasteiger partial charge in [0.05, 0.1) is 4.90 Å². The highest BCUT2D eigenvalue weighted by Gasteiger charge is 2.23. The largest absolute Gasteiger partial charge is 0.370 e. The number of hydrogen-bond acceptors (Lipinski definition) is 3. The van der Waals surface area contributed by atoms with Crippen molar-refractivity contribution in [3.05, 3.63) is 29.8 Å². The Hall–Kier alpha value is -1.02. The molecule has 1 saturated carbocycles. The monoisotopic (exact) mass is 452 g/mol. The fraction of sp³-hybridized carbons (Fsp3) is 0.632. The van der Waals surface area contributed by atoms with Gasteiger partial charge in [-0.2, -0.15) is 0 Å². The Bertz CT molecular complexity index is 719. The highest BCUT2D eigenvalue weighted by atomic mass is 35.5. The average molecular weight is 453 g/mol. The Kier molecular flexibility index (Phi) is 10.8. The maximum atomic E-state index is 12.5. The fourth-order valence-electron chi connectivity index (χ4n) is 3.30. The number of benzene rings is 1. The van der Waals surface area contributed by atoms with E-state index in [9.17, 15) is 8.42 Å². The van der Waals surface area contributed by atoms with Crippen LogP contribution in [-0.4, -0.2) is 27.5 Å². The number of nitrogens with one attached hydrogen (secondary N) is 1. The minimum absolute atomic E-state index is 0. The molecular formula is C19H34Cl2N4O2S. The fourth-order valence-corrected chi connectivity index (χ4v) is 4.41. The second-order valence-electron chi connectivity index (χ2n) is 8.28. The molecule has 2 rings (SSSR count). The van der Waals surface area contributed by atoms with Crippen molar-refractivity contribution in [2.24, 2.45) is 28.3 Å². The van der Waals surface area contributed by atoms with Crippen LogP contribution >= 0.6 is 24.8 Å². The van der Waals surface area contributed by atoms with E-state index in [1.54, 1.807) is 12.1 Å². The van der Waals surface area contributed by atoms with Gasteiger partial charge in [0.1, 0.15) is 0 Å². The molecule has 0 radical (unpaired) electrons. The van der Waals surface area contributed by atoms with Crippen molar-refractivity contribution in [2.75, 3.05) is 13.1 Å². The number of hydrogen-bond donors (Lipinski definition) is 3. The molecule has 0 aliphatic heterocycles. The summed E-state index contributed by atoms with van der Waals surface area (Å²) in [7, 11) is -3.46. The smallest absolute Gasteiger partial charge is 0.240 e. The summed E-state index contributed by atoms with van der Waals surface area (Å²) in [4.78, 5) is 4.41. The topological polar surface area (TPSA) is 111 Å². The lowest BCUT2D eigenvalue weighted by atomic mass is 9.82. The van der Waals surface area contributed by atoms with E-state index in [4.69, 9.17) is 11.5 Å². The summed E-state index contributed by atoms with van der Waals surface area (Å²) in [5, 5.41) is 0. The summed E-state index contributed by atoms with van der Waals surface area (Å²) in [5.74, 6) is 1.00. The minimum atomic E-state index is -3.46. The first-order valence-corrected chi connectivity index (χ1v) is 10.7. The first-order valence-electron chi connectivity index (χ1n) is 9.23. The Labute approximate surface area is 181 Å². The van der Waals surface area contributed by atoms with E-state index in [0.29, 0.717) is 29.8 Å². The van der Waals surface area contributed by atoms with Crippen LogP contribution in [0.1, 0.15) is 52.0 Å². The molecule has 0 aromatic heterocycles. The zero-order chi connectivity index (χ0) is 19.4. The van der Waals surface area contributed by atoms with Crippen LogP contribution in [0.5, 0.6) is 0 Å². The van der Waals surface area contributed by atoms with Gasteiger partial charge < -0.3 is 11.5 Å². The van der Waals surface area contributed by atoms with E-state index < -0.39 is 10.0 Å². The van der Waals surface area contributed by atoms with Crippen LogP contribution in [0.15, 0.2) is 34.2 Å². The first kappa shape index (κ1) is 27.0. The molecule has 1 aliphatic carbocycles. The van der Waals surface area contributed by atoms with Crippen molar-refractivity contribution in [3.8, 4) is 0 Å². The molecule has 0 saturated heterocycles. The van der Waals surface area contributed by atoms with Gasteiger partial charge in [-0.3, -0.25) is 4.99 Å². The molecule has 0 unspecified atom stereocenters. The molecule has 9 heteroatoms. The first-order chi connectivity index (χ1) is 12.1. The van der Waals surface area contributed by atoms with Crippen LogP contribution in [-0.2, 0) is 15.4 Å². The van der Waals surface area contributed by atoms with Crippen LogP contribution in [0.4, 0.5) is 0 Å².